The Balaban J connectivity index is 3.15. The summed E-state index contributed by atoms with van der Waals surface area (Å²) in [7, 11) is 0. The number of rotatable bonds is 2. The second-order valence-corrected chi connectivity index (χ2v) is 3.37. The van der Waals surface area contributed by atoms with E-state index in [2.05, 4.69) is 0 Å². The zero-order valence-electron chi connectivity index (χ0n) is 4.05. The first-order valence-electron chi connectivity index (χ1n) is 2.00. The van der Waals surface area contributed by atoms with Gasteiger partial charge in [0.25, 0.3) is 0 Å². The molecule has 0 aromatic carbocycles. The first-order chi connectivity index (χ1) is 3.06. The van der Waals surface area contributed by atoms with Gasteiger partial charge in [-0.25, -0.2) is 0 Å². The molecule has 0 aliphatic heterocycles. The molecule has 0 amide bonds. The number of hydrogen-bond donors (Lipinski definition) is 0. The predicted octanol–water partition coefficient (Wildman–Crippen LogP) is 2.54. The molecule has 0 nitrogen and oxygen atoms in total. The van der Waals surface area contributed by atoms with Crippen LogP contribution in [0.25, 0.3) is 0 Å². The van der Waals surface area contributed by atoms with Crippen LogP contribution >= 0.6 is 23.2 Å². The molecule has 0 saturated heterocycles. The predicted molar refractivity (Wildman–Crippen MR) is 30.7 cm³/mol. The molecule has 0 heterocycles. The van der Waals surface area contributed by atoms with Crippen molar-refractivity contribution in [1.82, 2.24) is 0 Å². The van der Waals surface area contributed by atoms with Crippen LogP contribution in [-0.4, -0.2) is 11.0 Å². The van der Waals surface area contributed by atoms with E-state index in [0.29, 0.717) is 0 Å². The van der Waals surface area contributed by atoms with Crippen molar-refractivity contribution in [2.75, 3.05) is 6.67 Å². The van der Waals surface area contributed by atoms with Gasteiger partial charge < -0.3 is 0 Å². The van der Waals surface area contributed by atoms with Gasteiger partial charge in [-0.2, -0.15) is 0 Å². The average molecular weight is 145 g/mol. The summed E-state index contributed by atoms with van der Waals surface area (Å²) in [6, 6.07) is 0. The zero-order valence-corrected chi connectivity index (χ0v) is 5.56. The van der Waals surface area contributed by atoms with Crippen molar-refractivity contribution >= 4 is 23.2 Å². The molecule has 0 N–H and O–H groups in total. The second-order valence-electron chi connectivity index (χ2n) is 1.51. The highest BCUT2D eigenvalue weighted by Crippen LogP contribution is 2.23. The molecule has 7 heavy (non-hydrogen) atoms. The molecule has 3 heteroatoms. The Morgan fingerprint density at radius 3 is 2.00 bits per heavy atom. The number of halogens is 3. The summed E-state index contributed by atoms with van der Waals surface area (Å²) in [6.07, 6.45) is 0.204. The first-order valence-corrected chi connectivity index (χ1v) is 2.75. The summed E-state index contributed by atoms with van der Waals surface area (Å²) in [5.41, 5.74) is 0. The molecule has 0 rings (SSSR count). The quantitative estimate of drug-likeness (QED) is 0.523. The normalized spacial score (nSPS) is 12.0. The Labute approximate surface area is 52.6 Å². The van der Waals surface area contributed by atoms with Crippen LogP contribution in [0.3, 0.4) is 0 Å². The largest absolute Gasteiger partial charge is 0.251 e. The lowest BCUT2D eigenvalue weighted by molar-refractivity contribution is 0.461. The van der Waals surface area contributed by atoms with Crippen LogP contribution in [0, 0.1) is 0 Å². The molecular weight excluding hydrogens is 138 g/mol. The van der Waals surface area contributed by atoms with Crippen LogP contribution in [0.5, 0.6) is 0 Å². The minimum Gasteiger partial charge on any atom is -0.251 e. The molecule has 0 bridgehead atoms. The van der Waals surface area contributed by atoms with Crippen molar-refractivity contribution in [3.8, 4) is 0 Å². The summed E-state index contributed by atoms with van der Waals surface area (Å²) in [6.45, 7) is 1.11. The molecule has 0 saturated carbocycles. The van der Waals surface area contributed by atoms with Crippen LogP contribution in [0.1, 0.15) is 13.3 Å². The van der Waals surface area contributed by atoms with Gasteiger partial charge in [0.2, 0.25) is 0 Å². The highest BCUT2D eigenvalue weighted by molar-refractivity contribution is 6.48. The SMILES string of the molecule is CC(Cl)(Cl)CCF. The fourth-order valence-electron chi connectivity index (χ4n) is 0.166. The lowest BCUT2D eigenvalue weighted by Crippen LogP contribution is -2.05. The van der Waals surface area contributed by atoms with Crippen molar-refractivity contribution in [2.24, 2.45) is 0 Å². The third-order valence-corrected chi connectivity index (χ3v) is 0.911. The molecule has 0 radical (unpaired) electrons. The van der Waals surface area contributed by atoms with E-state index in [4.69, 9.17) is 23.2 Å². The molecule has 0 aliphatic carbocycles. The van der Waals surface area contributed by atoms with E-state index in [0.717, 1.165) is 0 Å². The summed E-state index contributed by atoms with van der Waals surface area (Å²) in [5.74, 6) is 0. The summed E-state index contributed by atoms with van der Waals surface area (Å²) >= 11 is 10.7. The third kappa shape index (κ3) is 6.51. The van der Waals surface area contributed by atoms with Crippen LogP contribution in [0.15, 0.2) is 0 Å². The van der Waals surface area contributed by atoms with E-state index in [9.17, 15) is 4.39 Å². The van der Waals surface area contributed by atoms with E-state index in [1.165, 1.54) is 0 Å². The zero-order chi connectivity index (χ0) is 5.91. The molecule has 0 aliphatic rings. The molecule has 0 aromatic heterocycles. The standard InChI is InChI=1S/C4H7Cl2F/c1-4(5,6)2-3-7/h2-3H2,1H3. The molecule has 0 aromatic rings. The van der Waals surface area contributed by atoms with Gasteiger partial charge in [-0.3, -0.25) is 4.39 Å². The minimum atomic E-state index is -0.880. The van der Waals surface area contributed by atoms with E-state index >= 15 is 0 Å². The van der Waals surface area contributed by atoms with Crippen molar-refractivity contribution in [3.05, 3.63) is 0 Å². The maximum Gasteiger partial charge on any atom is 0.118 e. The van der Waals surface area contributed by atoms with Crippen molar-refractivity contribution in [1.29, 1.82) is 0 Å². The molecule has 0 atom stereocenters. The first kappa shape index (κ1) is 7.51. The van der Waals surface area contributed by atoms with E-state index < -0.39 is 11.0 Å². The van der Waals surface area contributed by atoms with Crippen LogP contribution in [0.4, 0.5) is 4.39 Å². The molecule has 0 fully saturated rings. The highest BCUT2D eigenvalue weighted by Gasteiger charge is 2.14. The van der Waals surface area contributed by atoms with Gasteiger partial charge in [-0.05, 0) is 6.92 Å². The van der Waals surface area contributed by atoms with Crippen molar-refractivity contribution in [3.63, 3.8) is 0 Å². The average Bonchev–Trinajstić information content (AvgIpc) is 1.30. The highest BCUT2D eigenvalue weighted by atomic mass is 35.5. The Kier molecular flexibility index (Phi) is 2.93. The van der Waals surface area contributed by atoms with Gasteiger partial charge in [0.1, 0.15) is 4.33 Å². The van der Waals surface area contributed by atoms with Gasteiger partial charge in [0.15, 0.2) is 0 Å². The second kappa shape index (κ2) is 2.73. The van der Waals surface area contributed by atoms with Gasteiger partial charge >= 0.3 is 0 Å². The van der Waals surface area contributed by atoms with E-state index in [1.54, 1.807) is 6.92 Å². The maximum atomic E-state index is 11.3. The monoisotopic (exact) mass is 144 g/mol. The summed E-state index contributed by atoms with van der Waals surface area (Å²) in [4.78, 5) is 0. The van der Waals surface area contributed by atoms with Crippen LogP contribution < -0.4 is 0 Å². The Bertz CT molecular complexity index is 48.1. The lowest BCUT2D eigenvalue weighted by Gasteiger charge is -2.07. The topological polar surface area (TPSA) is 0 Å². The number of hydrogen-bond acceptors (Lipinski definition) is 0. The van der Waals surface area contributed by atoms with Gasteiger partial charge in [0, 0.05) is 6.42 Å². The Morgan fingerprint density at radius 2 is 2.00 bits per heavy atom. The van der Waals surface area contributed by atoms with Gasteiger partial charge in [0.05, 0.1) is 6.67 Å². The minimum absolute atomic E-state index is 0.204. The molecule has 44 valence electrons. The fraction of sp³-hybridized carbons (Fsp3) is 1.00. The smallest absolute Gasteiger partial charge is 0.118 e. The molecule has 0 unspecified atom stereocenters. The van der Waals surface area contributed by atoms with Crippen molar-refractivity contribution in [2.45, 2.75) is 17.7 Å². The lowest BCUT2D eigenvalue weighted by atomic mass is 10.3. The van der Waals surface area contributed by atoms with Crippen molar-refractivity contribution < 1.29 is 4.39 Å². The van der Waals surface area contributed by atoms with E-state index in [-0.39, 0.29) is 6.42 Å². The van der Waals surface area contributed by atoms with Gasteiger partial charge in [-0.15, -0.1) is 23.2 Å². The Hall–Kier alpha value is 0.510. The number of alkyl halides is 3. The van der Waals surface area contributed by atoms with E-state index in [1.807, 2.05) is 0 Å². The van der Waals surface area contributed by atoms with Gasteiger partial charge in [-0.1, -0.05) is 0 Å². The third-order valence-electron chi connectivity index (χ3n) is 0.533. The summed E-state index contributed by atoms with van der Waals surface area (Å²) in [5, 5.41) is 0. The summed E-state index contributed by atoms with van der Waals surface area (Å²) < 4.78 is 10.4. The molecular formula is C4H7Cl2F. The van der Waals surface area contributed by atoms with Crippen LogP contribution in [-0.2, 0) is 0 Å². The van der Waals surface area contributed by atoms with Crippen LogP contribution in [0.2, 0.25) is 0 Å². The fourth-order valence-corrected chi connectivity index (χ4v) is 0.309. The Morgan fingerprint density at radius 1 is 1.57 bits per heavy atom. The molecule has 0 spiro atoms. The maximum absolute atomic E-state index is 11.3.